The lowest BCUT2D eigenvalue weighted by atomic mass is 10.1. The van der Waals surface area contributed by atoms with Crippen LogP contribution in [0.3, 0.4) is 0 Å². The molecule has 0 radical (unpaired) electrons. The molecule has 3 heterocycles. The molecule has 2 aliphatic heterocycles. The lowest BCUT2D eigenvalue weighted by molar-refractivity contribution is -0.0126. The third-order valence-corrected chi connectivity index (χ3v) is 4.30. The van der Waals surface area contributed by atoms with E-state index in [0.717, 1.165) is 70.2 Å². The summed E-state index contributed by atoms with van der Waals surface area (Å²) in [5, 5.41) is 0. The predicted molar refractivity (Wildman–Crippen MR) is 76.6 cm³/mol. The quantitative estimate of drug-likeness (QED) is 0.830. The lowest BCUT2D eigenvalue weighted by Gasteiger charge is -2.31. The van der Waals surface area contributed by atoms with E-state index in [4.69, 9.17) is 13.9 Å². The van der Waals surface area contributed by atoms with Crippen molar-refractivity contribution in [2.45, 2.75) is 38.8 Å². The van der Waals surface area contributed by atoms with Crippen LogP contribution in [0.25, 0.3) is 0 Å². The van der Waals surface area contributed by atoms with Crippen LogP contribution in [0, 0.1) is 12.8 Å². The van der Waals surface area contributed by atoms with Gasteiger partial charge in [0, 0.05) is 25.6 Å². The predicted octanol–water partition coefficient (Wildman–Crippen LogP) is 2.61. The monoisotopic (exact) mass is 279 g/mol. The van der Waals surface area contributed by atoms with Crippen LogP contribution in [0.15, 0.2) is 16.5 Å². The van der Waals surface area contributed by atoms with Gasteiger partial charge in [-0.1, -0.05) is 0 Å². The average Bonchev–Trinajstić information content (AvgIpc) is 3.10. The van der Waals surface area contributed by atoms with Gasteiger partial charge in [-0.25, -0.2) is 0 Å². The molecule has 112 valence electrons. The molecule has 0 spiro atoms. The zero-order valence-electron chi connectivity index (χ0n) is 12.3. The first kappa shape index (κ1) is 14.1. The number of piperidine rings is 1. The molecule has 20 heavy (non-hydrogen) atoms. The molecule has 3 rings (SSSR count). The van der Waals surface area contributed by atoms with Gasteiger partial charge in [0.2, 0.25) is 0 Å². The van der Waals surface area contributed by atoms with Crippen LogP contribution in [0.4, 0.5) is 0 Å². The van der Waals surface area contributed by atoms with Gasteiger partial charge in [0.1, 0.15) is 11.5 Å². The maximum absolute atomic E-state index is 6.04. The van der Waals surface area contributed by atoms with Crippen molar-refractivity contribution in [2.75, 3.05) is 32.9 Å². The molecule has 0 amide bonds. The summed E-state index contributed by atoms with van der Waals surface area (Å²) in [7, 11) is 0. The van der Waals surface area contributed by atoms with Crippen molar-refractivity contribution in [3.05, 3.63) is 23.7 Å². The van der Waals surface area contributed by atoms with Crippen molar-refractivity contribution in [1.82, 2.24) is 4.90 Å². The van der Waals surface area contributed by atoms with E-state index in [-0.39, 0.29) is 0 Å². The molecule has 4 heteroatoms. The van der Waals surface area contributed by atoms with Gasteiger partial charge in [-0.3, -0.25) is 4.90 Å². The van der Waals surface area contributed by atoms with E-state index in [9.17, 15) is 0 Å². The Labute approximate surface area is 121 Å². The number of hydrogen-bond donors (Lipinski definition) is 0. The molecule has 1 atom stereocenters. The highest BCUT2D eigenvalue weighted by Gasteiger charge is 2.23. The standard InChI is InChI=1S/C16H25NO3/c1-13-2-3-16(20-13)10-17-7-4-15(5-8-17)19-12-14-6-9-18-11-14/h2-3,14-15H,4-12H2,1H3/t14-/m0/s1. The first-order valence-corrected chi connectivity index (χ1v) is 7.76. The largest absolute Gasteiger partial charge is 0.465 e. The van der Waals surface area contributed by atoms with Gasteiger partial charge in [-0.05, 0) is 38.3 Å². The summed E-state index contributed by atoms with van der Waals surface area (Å²) in [6, 6.07) is 4.12. The molecule has 2 aliphatic rings. The van der Waals surface area contributed by atoms with Crippen molar-refractivity contribution >= 4 is 0 Å². The summed E-state index contributed by atoms with van der Waals surface area (Å²) in [5.74, 6) is 2.70. The zero-order chi connectivity index (χ0) is 13.8. The van der Waals surface area contributed by atoms with Gasteiger partial charge in [0.05, 0.1) is 25.9 Å². The van der Waals surface area contributed by atoms with Crippen LogP contribution >= 0.6 is 0 Å². The average molecular weight is 279 g/mol. The number of rotatable bonds is 5. The lowest BCUT2D eigenvalue weighted by Crippen LogP contribution is -2.37. The molecular weight excluding hydrogens is 254 g/mol. The van der Waals surface area contributed by atoms with Crippen LogP contribution in [-0.2, 0) is 16.0 Å². The molecule has 0 aliphatic carbocycles. The second kappa shape index (κ2) is 6.74. The Morgan fingerprint density at radius 1 is 1.25 bits per heavy atom. The highest BCUT2D eigenvalue weighted by Crippen LogP contribution is 2.20. The fourth-order valence-electron chi connectivity index (χ4n) is 3.01. The maximum Gasteiger partial charge on any atom is 0.118 e. The second-order valence-electron chi connectivity index (χ2n) is 6.05. The Hall–Kier alpha value is -0.840. The minimum absolute atomic E-state index is 0.435. The molecule has 0 aromatic carbocycles. The van der Waals surface area contributed by atoms with E-state index in [1.807, 2.05) is 13.0 Å². The number of aryl methyl sites for hydroxylation is 1. The number of furan rings is 1. The first-order valence-electron chi connectivity index (χ1n) is 7.76. The summed E-state index contributed by atoms with van der Waals surface area (Å²) in [6.45, 7) is 7.80. The van der Waals surface area contributed by atoms with E-state index in [1.165, 1.54) is 0 Å². The van der Waals surface area contributed by atoms with E-state index < -0.39 is 0 Å². The van der Waals surface area contributed by atoms with Gasteiger partial charge >= 0.3 is 0 Å². The molecule has 2 saturated heterocycles. The van der Waals surface area contributed by atoms with E-state index in [1.54, 1.807) is 0 Å². The van der Waals surface area contributed by atoms with Gasteiger partial charge < -0.3 is 13.9 Å². The minimum Gasteiger partial charge on any atom is -0.465 e. The van der Waals surface area contributed by atoms with Gasteiger partial charge in [0.25, 0.3) is 0 Å². The van der Waals surface area contributed by atoms with Crippen molar-refractivity contribution in [2.24, 2.45) is 5.92 Å². The smallest absolute Gasteiger partial charge is 0.118 e. The first-order chi connectivity index (χ1) is 9.79. The molecule has 0 saturated carbocycles. The Morgan fingerprint density at radius 2 is 2.10 bits per heavy atom. The van der Waals surface area contributed by atoms with Crippen LogP contribution in [-0.4, -0.2) is 43.9 Å². The van der Waals surface area contributed by atoms with Gasteiger partial charge in [-0.15, -0.1) is 0 Å². The van der Waals surface area contributed by atoms with Crippen LogP contribution in [0.2, 0.25) is 0 Å². The Balaban J connectivity index is 1.36. The minimum atomic E-state index is 0.435. The molecule has 4 nitrogen and oxygen atoms in total. The van der Waals surface area contributed by atoms with Crippen molar-refractivity contribution in [1.29, 1.82) is 0 Å². The topological polar surface area (TPSA) is 34.8 Å². The molecule has 0 bridgehead atoms. The van der Waals surface area contributed by atoms with Crippen molar-refractivity contribution in [3.8, 4) is 0 Å². The number of ether oxygens (including phenoxy) is 2. The van der Waals surface area contributed by atoms with E-state index in [0.29, 0.717) is 12.0 Å². The number of nitrogens with zero attached hydrogens (tertiary/aromatic N) is 1. The Morgan fingerprint density at radius 3 is 2.75 bits per heavy atom. The van der Waals surface area contributed by atoms with E-state index >= 15 is 0 Å². The number of likely N-dealkylation sites (tertiary alicyclic amines) is 1. The molecule has 0 N–H and O–H groups in total. The normalized spacial score (nSPS) is 25.4. The van der Waals surface area contributed by atoms with Crippen LogP contribution in [0.1, 0.15) is 30.8 Å². The highest BCUT2D eigenvalue weighted by atomic mass is 16.5. The van der Waals surface area contributed by atoms with Crippen LogP contribution < -0.4 is 0 Å². The zero-order valence-corrected chi connectivity index (χ0v) is 12.3. The molecule has 1 aromatic rings. The van der Waals surface area contributed by atoms with Gasteiger partial charge in [0.15, 0.2) is 0 Å². The third-order valence-electron chi connectivity index (χ3n) is 4.30. The van der Waals surface area contributed by atoms with Crippen molar-refractivity contribution < 1.29 is 13.9 Å². The summed E-state index contributed by atoms with van der Waals surface area (Å²) in [4.78, 5) is 2.46. The Kier molecular flexibility index (Phi) is 4.76. The molecular formula is C16H25NO3. The molecule has 1 aromatic heterocycles. The summed E-state index contributed by atoms with van der Waals surface area (Å²) < 4.78 is 17.1. The Bertz CT molecular complexity index is 404. The SMILES string of the molecule is Cc1ccc(CN2CCC(OC[C@H]3CCOC3)CC2)o1. The van der Waals surface area contributed by atoms with E-state index in [2.05, 4.69) is 11.0 Å². The summed E-state index contributed by atoms with van der Waals surface area (Å²) >= 11 is 0. The van der Waals surface area contributed by atoms with Gasteiger partial charge in [-0.2, -0.15) is 0 Å². The number of hydrogen-bond acceptors (Lipinski definition) is 4. The second-order valence-corrected chi connectivity index (χ2v) is 6.05. The maximum atomic E-state index is 6.04. The fourth-order valence-corrected chi connectivity index (χ4v) is 3.01. The molecule has 0 unspecified atom stereocenters. The van der Waals surface area contributed by atoms with Crippen molar-refractivity contribution in [3.63, 3.8) is 0 Å². The van der Waals surface area contributed by atoms with Crippen LogP contribution in [0.5, 0.6) is 0 Å². The fraction of sp³-hybridized carbons (Fsp3) is 0.750. The third kappa shape index (κ3) is 3.84. The highest BCUT2D eigenvalue weighted by molar-refractivity contribution is 5.05. The summed E-state index contributed by atoms with van der Waals surface area (Å²) in [5.41, 5.74) is 0. The summed E-state index contributed by atoms with van der Waals surface area (Å²) in [6.07, 6.45) is 3.86. The molecule has 2 fully saturated rings.